The highest BCUT2D eigenvalue weighted by Crippen LogP contribution is 2.13. The minimum absolute atomic E-state index is 0.0859. The molecule has 0 aliphatic heterocycles. The summed E-state index contributed by atoms with van der Waals surface area (Å²) in [6.45, 7) is 6.27. The van der Waals surface area contributed by atoms with E-state index >= 15 is 0 Å². The van der Waals surface area contributed by atoms with Crippen LogP contribution in [-0.4, -0.2) is 9.78 Å². The number of nitrogens with two attached hydrogens (primary N) is 1. The van der Waals surface area contributed by atoms with Crippen LogP contribution in [0.2, 0.25) is 0 Å². The summed E-state index contributed by atoms with van der Waals surface area (Å²) in [6, 6.07) is 0.556. The van der Waals surface area contributed by atoms with Crippen LogP contribution in [0.4, 0.5) is 0 Å². The first kappa shape index (κ1) is 9.26. The van der Waals surface area contributed by atoms with Crippen LogP contribution < -0.4 is 5.73 Å². The average molecular weight is 167 g/mol. The van der Waals surface area contributed by atoms with Crippen LogP contribution in [0.1, 0.15) is 44.8 Å². The Morgan fingerprint density at radius 1 is 1.58 bits per heavy atom. The Morgan fingerprint density at radius 2 is 2.25 bits per heavy atom. The molecule has 3 nitrogen and oxygen atoms in total. The first-order valence-corrected chi connectivity index (χ1v) is 4.44. The molecule has 0 saturated heterocycles. The van der Waals surface area contributed by atoms with E-state index in [4.69, 9.17) is 5.73 Å². The third kappa shape index (κ3) is 1.85. The van der Waals surface area contributed by atoms with Crippen LogP contribution in [0.25, 0.3) is 0 Å². The number of aromatic nitrogens is 2. The lowest BCUT2D eigenvalue weighted by Gasteiger charge is -2.08. The second kappa shape index (κ2) is 3.72. The van der Waals surface area contributed by atoms with Crippen molar-refractivity contribution in [1.29, 1.82) is 0 Å². The molecule has 2 atom stereocenters. The zero-order valence-electron chi connectivity index (χ0n) is 7.99. The van der Waals surface area contributed by atoms with Crippen LogP contribution in [0.5, 0.6) is 0 Å². The van der Waals surface area contributed by atoms with Gasteiger partial charge in [-0.15, -0.1) is 0 Å². The van der Waals surface area contributed by atoms with Crippen molar-refractivity contribution in [3.63, 3.8) is 0 Å². The number of nitrogens with zero attached hydrogens (tertiary/aromatic N) is 2. The first-order chi connectivity index (χ1) is 5.65. The standard InChI is InChI=1S/C9H17N3/c1-4-7(2)12-6-9(5-11-12)8(3)10/h5-8H,4,10H2,1-3H3. The lowest BCUT2D eigenvalue weighted by atomic mass is 10.2. The van der Waals surface area contributed by atoms with Gasteiger partial charge in [-0.05, 0) is 20.3 Å². The summed E-state index contributed by atoms with van der Waals surface area (Å²) in [5.74, 6) is 0. The van der Waals surface area contributed by atoms with E-state index in [1.165, 1.54) is 0 Å². The molecule has 1 heterocycles. The van der Waals surface area contributed by atoms with Crippen LogP contribution >= 0.6 is 0 Å². The maximum Gasteiger partial charge on any atom is 0.0537 e. The molecule has 0 radical (unpaired) electrons. The van der Waals surface area contributed by atoms with Crippen molar-refractivity contribution in [2.24, 2.45) is 5.73 Å². The zero-order chi connectivity index (χ0) is 9.14. The molecule has 0 spiro atoms. The second-order valence-corrected chi connectivity index (χ2v) is 3.30. The minimum Gasteiger partial charge on any atom is -0.324 e. The van der Waals surface area contributed by atoms with Crippen LogP contribution in [-0.2, 0) is 0 Å². The van der Waals surface area contributed by atoms with E-state index in [1.54, 1.807) is 0 Å². The lowest BCUT2D eigenvalue weighted by molar-refractivity contribution is 0.477. The van der Waals surface area contributed by atoms with Crippen molar-refractivity contribution in [3.8, 4) is 0 Å². The molecule has 0 bridgehead atoms. The molecule has 0 aromatic carbocycles. The number of rotatable bonds is 3. The van der Waals surface area contributed by atoms with Crippen molar-refractivity contribution in [3.05, 3.63) is 18.0 Å². The average Bonchev–Trinajstić information content (AvgIpc) is 2.51. The fourth-order valence-electron chi connectivity index (χ4n) is 1.02. The molecular formula is C9H17N3. The van der Waals surface area contributed by atoms with Gasteiger partial charge in [0.05, 0.1) is 6.20 Å². The van der Waals surface area contributed by atoms with Crippen molar-refractivity contribution in [2.45, 2.75) is 39.3 Å². The van der Waals surface area contributed by atoms with Gasteiger partial charge in [0.2, 0.25) is 0 Å². The predicted octanol–water partition coefficient (Wildman–Crippen LogP) is 1.87. The number of hydrogen-bond acceptors (Lipinski definition) is 2. The van der Waals surface area contributed by atoms with Gasteiger partial charge in [-0.1, -0.05) is 6.92 Å². The highest BCUT2D eigenvalue weighted by Gasteiger charge is 2.06. The largest absolute Gasteiger partial charge is 0.324 e. The van der Waals surface area contributed by atoms with E-state index in [9.17, 15) is 0 Å². The first-order valence-electron chi connectivity index (χ1n) is 4.44. The highest BCUT2D eigenvalue weighted by molar-refractivity contribution is 5.08. The molecular weight excluding hydrogens is 150 g/mol. The zero-order valence-corrected chi connectivity index (χ0v) is 7.99. The molecule has 0 aliphatic rings. The molecule has 1 aromatic rings. The Kier molecular flexibility index (Phi) is 2.87. The normalized spacial score (nSPS) is 16.0. The molecule has 2 N–H and O–H groups in total. The monoisotopic (exact) mass is 167 g/mol. The van der Waals surface area contributed by atoms with E-state index in [1.807, 2.05) is 24.0 Å². The Labute approximate surface area is 73.6 Å². The van der Waals surface area contributed by atoms with Crippen LogP contribution in [0, 0.1) is 0 Å². The van der Waals surface area contributed by atoms with Crippen LogP contribution in [0.15, 0.2) is 12.4 Å². The number of hydrogen-bond donors (Lipinski definition) is 1. The van der Waals surface area contributed by atoms with E-state index < -0.39 is 0 Å². The molecule has 68 valence electrons. The van der Waals surface area contributed by atoms with Gasteiger partial charge in [0.15, 0.2) is 0 Å². The fourth-order valence-corrected chi connectivity index (χ4v) is 1.02. The summed E-state index contributed by atoms with van der Waals surface area (Å²) in [5.41, 5.74) is 6.82. The third-order valence-electron chi connectivity index (χ3n) is 2.19. The maximum atomic E-state index is 5.72. The second-order valence-electron chi connectivity index (χ2n) is 3.30. The Bertz CT molecular complexity index is 240. The van der Waals surface area contributed by atoms with E-state index in [0.29, 0.717) is 6.04 Å². The Hall–Kier alpha value is -0.830. The summed E-state index contributed by atoms with van der Waals surface area (Å²) in [4.78, 5) is 0. The van der Waals surface area contributed by atoms with E-state index in [0.717, 1.165) is 12.0 Å². The summed E-state index contributed by atoms with van der Waals surface area (Å²) < 4.78 is 1.97. The Balaban J connectivity index is 2.77. The third-order valence-corrected chi connectivity index (χ3v) is 2.19. The van der Waals surface area contributed by atoms with Gasteiger partial charge in [0.1, 0.15) is 0 Å². The van der Waals surface area contributed by atoms with Gasteiger partial charge in [-0.25, -0.2) is 0 Å². The SMILES string of the molecule is CCC(C)n1cc(C(C)N)cn1. The van der Waals surface area contributed by atoms with E-state index in [-0.39, 0.29) is 6.04 Å². The van der Waals surface area contributed by atoms with Crippen molar-refractivity contribution >= 4 is 0 Å². The Morgan fingerprint density at radius 3 is 2.67 bits per heavy atom. The summed E-state index contributed by atoms with van der Waals surface area (Å²) >= 11 is 0. The molecule has 2 unspecified atom stereocenters. The smallest absolute Gasteiger partial charge is 0.0537 e. The van der Waals surface area contributed by atoms with Gasteiger partial charge in [-0.2, -0.15) is 5.10 Å². The topological polar surface area (TPSA) is 43.8 Å². The lowest BCUT2D eigenvalue weighted by Crippen LogP contribution is -2.05. The molecule has 0 fully saturated rings. The molecule has 0 saturated carbocycles. The predicted molar refractivity (Wildman–Crippen MR) is 49.8 cm³/mol. The quantitative estimate of drug-likeness (QED) is 0.747. The molecule has 3 heteroatoms. The van der Waals surface area contributed by atoms with Gasteiger partial charge < -0.3 is 5.73 Å². The van der Waals surface area contributed by atoms with Crippen molar-refractivity contribution in [2.75, 3.05) is 0 Å². The summed E-state index contributed by atoms with van der Waals surface area (Å²) in [5, 5.41) is 4.24. The van der Waals surface area contributed by atoms with Crippen molar-refractivity contribution in [1.82, 2.24) is 9.78 Å². The van der Waals surface area contributed by atoms with E-state index in [2.05, 4.69) is 18.9 Å². The molecule has 0 amide bonds. The molecule has 0 aliphatic carbocycles. The summed E-state index contributed by atoms with van der Waals surface area (Å²) in [7, 11) is 0. The maximum absolute atomic E-state index is 5.72. The van der Waals surface area contributed by atoms with Gasteiger partial charge in [-0.3, -0.25) is 4.68 Å². The van der Waals surface area contributed by atoms with Gasteiger partial charge in [0.25, 0.3) is 0 Å². The highest BCUT2D eigenvalue weighted by atomic mass is 15.3. The van der Waals surface area contributed by atoms with Gasteiger partial charge >= 0.3 is 0 Å². The molecule has 1 rings (SSSR count). The fraction of sp³-hybridized carbons (Fsp3) is 0.667. The summed E-state index contributed by atoms with van der Waals surface area (Å²) in [6.07, 6.45) is 4.97. The minimum atomic E-state index is 0.0859. The van der Waals surface area contributed by atoms with Crippen molar-refractivity contribution < 1.29 is 0 Å². The van der Waals surface area contributed by atoms with Gasteiger partial charge in [0, 0.05) is 23.8 Å². The molecule has 12 heavy (non-hydrogen) atoms. The molecule has 1 aromatic heterocycles. The van der Waals surface area contributed by atoms with Crippen LogP contribution in [0.3, 0.4) is 0 Å².